The highest BCUT2D eigenvalue weighted by atomic mass is 16.6. The molecular formula is C49H65NO16. The molecule has 3 aliphatic carbocycles. The molecule has 17 heteroatoms. The van der Waals surface area contributed by atoms with Gasteiger partial charge in [0.25, 0.3) is 0 Å². The molecule has 2 aromatic carbocycles. The van der Waals surface area contributed by atoms with Gasteiger partial charge in [-0.05, 0) is 57.7 Å². The lowest BCUT2D eigenvalue weighted by atomic mass is 9.42. The van der Waals surface area contributed by atoms with Crippen molar-refractivity contribution in [3.63, 3.8) is 0 Å². The van der Waals surface area contributed by atoms with Crippen LogP contribution >= 0.6 is 0 Å². The Labute approximate surface area is 384 Å². The summed E-state index contributed by atoms with van der Waals surface area (Å²) in [7, 11) is 0. The maximum absolute atomic E-state index is 15.0. The van der Waals surface area contributed by atoms with Crippen LogP contribution in [0, 0.1) is 28.6 Å². The molecule has 17 nitrogen and oxygen atoms in total. The Balaban J connectivity index is 1.49. The number of hydrogen-bond donors (Lipinski definition) is 5. The van der Waals surface area contributed by atoms with Gasteiger partial charge in [-0.15, -0.1) is 0 Å². The second kappa shape index (κ2) is 19.0. The van der Waals surface area contributed by atoms with E-state index in [1.807, 2.05) is 0 Å². The molecule has 4 fully saturated rings. The zero-order chi connectivity index (χ0) is 48.7. The van der Waals surface area contributed by atoms with Gasteiger partial charge in [-0.2, -0.15) is 0 Å². The predicted molar refractivity (Wildman–Crippen MR) is 233 cm³/mol. The van der Waals surface area contributed by atoms with E-state index < -0.39 is 131 Å². The highest BCUT2D eigenvalue weighted by molar-refractivity contribution is 5.89. The lowest BCUT2D eigenvalue weighted by molar-refractivity contribution is -0.379. The fourth-order valence-corrected chi connectivity index (χ4v) is 11.1. The molecule has 2 aromatic rings. The SMILES string of the molecule is CC(=O)CCCC(=O)O[C@@H](C(=O)O[C@H]1C[C@@]2(O)[C@@H](OC(=O)c3ccccc3)[C@@H]3[C@]4(OC(C)=O)CO[C@@H]4C[C@H](O)[C@@]3(C)[C@H](O)[C@H](O)[C@H](C1C)C2(C)C)[C@@H](NC(=O)OC(C)(C)C)c1ccccc1. The first-order valence-electron chi connectivity index (χ1n) is 22.6. The second-order valence-corrected chi connectivity index (χ2v) is 20.3. The van der Waals surface area contributed by atoms with E-state index in [9.17, 15) is 49.2 Å². The van der Waals surface area contributed by atoms with Crippen molar-refractivity contribution < 1.29 is 77.6 Å². The van der Waals surface area contributed by atoms with E-state index in [-0.39, 0.29) is 43.6 Å². The van der Waals surface area contributed by atoms with Crippen LogP contribution in [0.15, 0.2) is 60.7 Å². The van der Waals surface area contributed by atoms with Crippen LogP contribution in [0.5, 0.6) is 0 Å². The van der Waals surface area contributed by atoms with Crippen LogP contribution in [-0.4, -0.2) is 122 Å². The maximum Gasteiger partial charge on any atom is 0.408 e. The molecular weight excluding hydrogens is 859 g/mol. The molecule has 362 valence electrons. The van der Waals surface area contributed by atoms with Crippen molar-refractivity contribution in [1.82, 2.24) is 5.32 Å². The number of esters is 4. The first kappa shape index (κ1) is 50.5. The van der Waals surface area contributed by atoms with Gasteiger partial charge in [0.15, 0.2) is 5.60 Å². The quantitative estimate of drug-likeness (QED) is 0.139. The van der Waals surface area contributed by atoms with E-state index in [1.165, 1.54) is 32.9 Å². The number of ether oxygens (including phenoxy) is 6. The summed E-state index contributed by atoms with van der Waals surface area (Å²) in [6, 6.07) is 14.7. The smallest absolute Gasteiger partial charge is 0.408 e. The van der Waals surface area contributed by atoms with Crippen molar-refractivity contribution in [2.45, 2.75) is 160 Å². The number of nitrogens with one attached hydrogen (secondary N) is 1. The fourth-order valence-electron chi connectivity index (χ4n) is 11.1. The minimum atomic E-state index is -2.33. The molecule has 1 amide bonds. The summed E-state index contributed by atoms with van der Waals surface area (Å²) in [5.41, 5.74) is -7.96. The molecule has 6 rings (SSSR count). The third-order valence-corrected chi connectivity index (χ3v) is 14.5. The third kappa shape index (κ3) is 9.46. The van der Waals surface area contributed by atoms with E-state index in [0.29, 0.717) is 5.56 Å². The largest absolute Gasteiger partial charge is 0.459 e. The standard InChI is InChI=1S/C49H65NO16/c1-26(51)17-16-22-34(54)63-38(36(29-18-12-10-13-19-29)50-44(59)66-45(4,5)6)43(58)62-31-24-49(60)41(64-42(57)30-20-14-11-15-21-30)39-47(9,40(56)37(55)35(27(31)2)46(49,7)8)32(53)23-33-48(39,25-61-33)65-28(3)52/h10-15,18-21,27,31-33,35-41,53,55-56,60H,16-17,22-25H2,1-9H3,(H,50,59)/t27?,31-,32-,33+,35-,36-,37+,38+,39-,40+,41-,47+,48-,49+/m0/s1. The number of alkyl carbamates (subject to hydrolysis) is 1. The van der Waals surface area contributed by atoms with Crippen LogP contribution in [0.25, 0.3) is 0 Å². The molecule has 0 radical (unpaired) electrons. The molecule has 1 unspecified atom stereocenters. The van der Waals surface area contributed by atoms with Gasteiger partial charge in [0.05, 0.1) is 36.4 Å². The first-order chi connectivity index (χ1) is 30.8. The Kier molecular flexibility index (Phi) is 14.5. The maximum atomic E-state index is 15.0. The van der Waals surface area contributed by atoms with Crippen LogP contribution in [0.2, 0.25) is 0 Å². The van der Waals surface area contributed by atoms with Gasteiger partial charge in [0.2, 0.25) is 6.10 Å². The number of aliphatic hydroxyl groups excluding tert-OH is 3. The topological polar surface area (TPSA) is 251 Å². The van der Waals surface area contributed by atoms with Gasteiger partial charge in [-0.1, -0.05) is 76.2 Å². The molecule has 1 saturated heterocycles. The molecule has 0 aromatic heterocycles. The number of amides is 1. The number of hydrogen-bond acceptors (Lipinski definition) is 16. The average Bonchev–Trinajstić information content (AvgIpc) is 3.23. The Morgan fingerprint density at radius 3 is 2.08 bits per heavy atom. The van der Waals surface area contributed by atoms with Gasteiger partial charge in [-0.25, -0.2) is 14.4 Å². The van der Waals surface area contributed by atoms with E-state index in [1.54, 1.807) is 90.1 Å². The monoisotopic (exact) mass is 923 g/mol. The van der Waals surface area contributed by atoms with E-state index >= 15 is 0 Å². The van der Waals surface area contributed by atoms with E-state index in [0.717, 1.165) is 0 Å². The zero-order valence-corrected chi connectivity index (χ0v) is 39.1. The third-order valence-electron chi connectivity index (χ3n) is 14.5. The van der Waals surface area contributed by atoms with Gasteiger partial charge in [-0.3, -0.25) is 9.59 Å². The van der Waals surface area contributed by atoms with Gasteiger partial charge >= 0.3 is 30.0 Å². The van der Waals surface area contributed by atoms with E-state index in [4.69, 9.17) is 28.4 Å². The summed E-state index contributed by atoms with van der Waals surface area (Å²) >= 11 is 0. The van der Waals surface area contributed by atoms with Crippen molar-refractivity contribution in [1.29, 1.82) is 0 Å². The number of benzene rings is 2. The molecule has 0 spiro atoms. The van der Waals surface area contributed by atoms with E-state index in [2.05, 4.69) is 5.32 Å². The highest BCUT2D eigenvalue weighted by Gasteiger charge is 2.79. The Morgan fingerprint density at radius 2 is 1.52 bits per heavy atom. The van der Waals surface area contributed by atoms with Crippen molar-refractivity contribution in [2.24, 2.45) is 28.6 Å². The minimum Gasteiger partial charge on any atom is -0.459 e. The molecule has 1 aliphatic heterocycles. The zero-order valence-electron chi connectivity index (χ0n) is 39.1. The van der Waals surface area contributed by atoms with Gasteiger partial charge < -0.3 is 59.0 Å². The lowest BCUT2D eigenvalue weighted by Crippen LogP contribution is -2.83. The van der Waals surface area contributed by atoms with Gasteiger partial charge in [0, 0.05) is 49.4 Å². The van der Waals surface area contributed by atoms with Crippen molar-refractivity contribution in [2.75, 3.05) is 6.61 Å². The number of carbonyl (C=O) groups is 6. The van der Waals surface area contributed by atoms with Crippen LogP contribution in [0.1, 0.15) is 116 Å². The van der Waals surface area contributed by atoms with Crippen molar-refractivity contribution >= 4 is 35.8 Å². The number of ketones is 1. The van der Waals surface area contributed by atoms with Crippen LogP contribution in [-0.2, 0) is 47.6 Å². The first-order valence-corrected chi connectivity index (χ1v) is 22.6. The highest BCUT2D eigenvalue weighted by Crippen LogP contribution is 2.66. The number of aliphatic hydroxyl groups is 4. The molecule has 66 heavy (non-hydrogen) atoms. The summed E-state index contributed by atoms with van der Waals surface area (Å²) in [4.78, 5) is 81.0. The molecule has 2 bridgehead atoms. The van der Waals surface area contributed by atoms with Crippen LogP contribution < -0.4 is 5.32 Å². The second-order valence-electron chi connectivity index (χ2n) is 20.3. The normalized spacial score (nSPS) is 34.2. The summed E-state index contributed by atoms with van der Waals surface area (Å²) in [6.45, 7) is 13.6. The predicted octanol–water partition coefficient (Wildman–Crippen LogP) is 4.30. The molecule has 5 N–H and O–H groups in total. The molecule has 14 atom stereocenters. The molecule has 1 heterocycles. The fraction of sp³-hybridized carbons (Fsp3) is 0.633. The summed E-state index contributed by atoms with van der Waals surface area (Å²) in [6.07, 6.45) is -12.8. The summed E-state index contributed by atoms with van der Waals surface area (Å²) < 4.78 is 36.2. The number of Topliss-reactive ketones (excluding diaryl/α,β-unsaturated/α-hetero) is 1. The number of rotatable bonds is 13. The van der Waals surface area contributed by atoms with Crippen molar-refractivity contribution in [3.05, 3.63) is 71.8 Å². The van der Waals surface area contributed by atoms with Gasteiger partial charge in [0.1, 0.15) is 41.3 Å². The summed E-state index contributed by atoms with van der Waals surface area (Å²) in [5, 5.41) is 53.5. The number of carbonyl (C=O) groups excluding carboxylic acids is 6. The van der Waals surface area contributed by atoms with Crippen LogP contribution in [0.3, 0.4) is 0 Å². The average molecular weight is 924 g/mol. The van der Waals surface area contributed by atoms with Crippen molar-refractivity contribution in [3.8, 4) is 0 Å². The number of fused-ring (bicyclic) bond motifs is 5. The molecule has 4 aliphatic rings. The summed E-state index contributed by atoms with van der Waals surface area (Å²) in [5.74, 6) is -7.43. The Hall–Kier alpha value is -4.94. The molecule has 3 saturated carbocycles. The van der Waals surface area contributed by atoms with Crippen LogP contribution in [0.4, 0.5) is 4.79 Å². The lowest BCUT2D eigenvalue weighted by Gasteiger charge is -2.70. The Bertz CT molecular complexity index is 2130. The minimum absolute atomic E-state index is 0.0602. The Morgan fingerprint density at radius 1 is 0.894 bits per heavy atom.